The van der Waals surface area contributed by atoms with Gasteiger partial charge in [0.05, 0.1) is 37.9 Å². The number of carbonyl (C=O) groups excluding carboxylic acids is 1. The first-order valence-corrected chi connectivity index (χ1v) is 9.40. The van der Waals surface area contributed by atoms with Crippen molar-refractivity contribution in [2.75, 3.05) is 14.2 Å². The summed E-state index contributed by atoms with van der Waals surface area (Å²) in [5, 5.41) is 3.14. The number of ether oxygens (including phenoxy) is 2. The van der Waals surface area contributed by atoms with E-state index in [1.807, 2.05) is 0 Å². The molecule has 3 aromatic heterocycles. The number of nitrogens with one attached hydrogen (secondary N) is 2. The van der Waals surface area contributed by atoms with Crippen LogP contribution in [0.1, 0.15) is 15.4 Å². The van der Waals surface area contributed by atoms with Crippen LogP contribution in [0, 0.1) is 3.95 Å². The molecular weight excluding hydrogens is 402 g/mol. The predicted octanol–water partition coefficient (Wildman–Crippen LogP) is 3.11. The van der Waals surface area contributed by atoms with E-state index >= 15 is 0 Å². The number of aromatic nitrogens is 2. The van der Waals surface area contributed by atoms with E-state index in [-0.39, 0.29) is 18.0 Å². The van der Waals surface area contributed by atoms with Crippen LogP contribution in [0.3, 0.4) is 0 Å². The number of aromatic amines is 1. The van der Waals surface area contributed by atoms with Crippen molar-refractivity contribution in [1.82, 2.24) is 14.7 Å². The van der Waals surface area contributed by atoms with Crippen molar-refractivity contribution in [1.29, 1.82) is 0 Å². The van der Waals surface area contributed by atoms with Crippen LogP contribution in [-0.4, -0.2) is 29.5 Å². The number of furan rings is 1. The number of H-pyrrole nitrogens is 1. The van der Waals surface area contributed by atoms with Gasteiger partial charge in [-0.1, -0.05) is 11.3 Å². The van der Waals surface area contributed by atoms with E-state index < -0.39 is 0 Å². The summed E-state index contributed by atoms with van der Waals surface area (Å²) in [7, 11) is 3.00. The van der Waals surface area contributed by atoms with Crippen molar-refractivity contribution in [2.24, 2.45) is 0 Å². The fourth-order valence-corrected chi connectivity index (χ4v) is 4.23. The van der Waals surface area contributed by atoms with Crippen molar-refractivity contribution in [3.63, 3.8) is 0 Å². The van der Waals surface area contributed by atoms with Gasteiger partial charge < -0.3 is 24.2 Å². The molecule has 4 aromatic rings. The van der Waals surface area contributed by atoms with Gasteiger partial charge in [0, 0.05) is 6.07 Å². The highest BCUT2D eigenvalue weighted by Crippen LogP contribution is 2.32. The van der Waals surface area contributed by atoms with E-state index in [1.165, 1.54) is 20.5 Å². The Kier molecular flexibility index (Phi) is 4.65. The Balaban J connectivity index is 1.87. The van der Waals surface area contributed by atoms with Crippen molar-refractivity contribution in [3.05, 3.63) is 55.5 Å². The second kappa shape index (κ2) is 7.13. The second-order valence-electron chi connectivity index (χ2n) is 5.82. The van der Waals surface area contributed by atoms with Crippen molar-refractivity contribution >= 4 is 46.0 Å². The van der Waals surface area contributed by atoms with Crippen LogP contribution >= 0.6 is 23.6 Å². The fraction of sp³-hybridized carbons (Fsp3) is 0.167. The Morgan fingerprint density at radius 3 is 2.75 bits per heavy atom. The number of carbonyl (C=O) groups is 1. The first-order chi connectivity index (χ1) is 13.5. The zero-order valence-electron chi connectivity index (χ0n) is 14.9. The molecule has 0 radical (unpaired) electrons. The van der Waals surface area contributed by atoms with Crippen molar-refractivity contribution in [2.45, 2.75) is 6.54 Å². The third-order valence-electron chi connectivity index (χ3n) is 4.24. The van der Waals surface area contributed by atoms with E-state index in [4.69, 9.17) is 26.1 Å². The summed E-state index contributed by atoms with van der Waals surface area (Å²) < 4.78 is 17.9. The van der Waals surface area contributed by atoms with Crippen LogP contribution < -0.4 is 20.3 Å². The third kappa shape index (κ3) is 2.96. The van der Waals surface area contributed by atoms with Gasteiger partial charge in [-0.05, 0) is 30.4 Å². The van der Waals surface area contributed by atoms with Crippen molar-refractivity contribution in [3.8, 4) is 11.5 Å². The summed E-state index contributed by atoms with van der Waals surface area (Å²) in [6.07, 6.45) is 1.53. The van der Waals surface area contributed by atoms with Crippen molar-refractivity contribution < 1.29 is 18.7 Å². The molecule has 0 bridgehead atoms. The normalized spacial score (nSPS) is 11.1. The maximum atomic E-state index is 12.7. The van der Waals surface area contributed by atoms with E-state index in [9.17, 15) is 9.59 Å². The van der Waals surface area contributed by atoms with E-state index in [0.29, 0.717) is 42.6 Å². The Bertz CT molecular complexity index is 1300. The first-order valence-electron chi connectivity index (χ1n) is 8.17. The number of fused-ring (bicyclic) bond motifs is 3. The molecule has 3 heterocycles. The highest BCUT2D eigenvalue weighted by molar-refractivity contribution is 7.73. The number of amides is 1. The summed E-state index contributed by atoms with van der Waals surface area (Å²) in [4.78, 5) is 28.4. The molecule has 0 unspecified atom stereocenters. The lowest BCUT2D eigenvalue weighted by Crippen LogP contribution is -2.22. The SMILES string of the molecule is COc1cc2c(=O)[nH]c3c(C(=O)NCc4ccco4)sc(=S)n3c2cc1OC. The average molecular weight is 417 g/mol. The van der Waals surface area contributed by atoms with Gasteiger partial charge in [-0.2, -0.15) is 0 Å². The van der Waals surface area contributed by atoms with Crippen LogP contribution in [0.2, 0.25) is 0 Å². The zero-order chi connectivity index (χ0) is 19.8. The molecular formula is C18H15N3O5S2. The molecule has 1 amide bonds. The number of thiazole rings is 1. The third-order valence-corrected chi connectivity index (χ3v) is 5.61. The molecule has 0 aliphatic rings. The molecule has 0 aliphatic heterocycles. The fourth-order valence-electron chi connectivity index (χ4n) is 2.93. The minimum Gasteiger partial charge on any atom is -0.493 e. The summed E-state index contributed by atoms with van der Waals surface area (Å²) in [6.45, 7) is 0.228. The van der Waals surface area contributed by atoms with Gasteiger partial charge in [0.15, 0.2) is 15.5 Å². The van der Waals surface area contributed by atoms with Gasteiger partial charge in [-0.15, -0.1) is 0 Å². The quantitative estimate of drug-likeness (QED) is 0.484. The number of benzene rings is 1. The Hall–Kier alpha value is -3.11. The standard InChI is InChI=1S/C18H15N3O5S2/c1-24-12-6-10-11(7-13(12)25-2)21-15(20-16(10)22)14(28-18(21)27)17(23)19-8-9-4-3-5-26-9/h3-7H,8H2,1-2H3,(H,19,23)(H,20,22). The second-order valence-corrected chi connectivity index (χ2v) is 7.47. The number of methoxy groups -OCH3 is 2. The van der Waals surface area contributed by atoms with E-state index in [0.717, 1.165) is 11.3 Å². The smallest absolute Gasteiger partial charge is 0.265 e. The van der Waals surface area contributed by atoms with Gasteiger partial charge in [-0.3, -0.25) is 14.0 Å². The van der Waals surface area contributed by atoms with E-state index in [2.05, 4.69) is 10.3 Å². The highest BCUT2D eigenvalue weighted by atomic mass is 32.1. The number of hydrogen-bond donors (Lipinski definition) is 2. The average Bonchev–Trinajstić information content (AvgIpc) is 3.33. The summed E-state index contributed by atoms with van der Waals surface area (Å²) in [6, 6.07) is 6.76. The minimum absolute atomic E-state index is 0.228. The lowest BCUT2D eigenvalue weighted by molar-refractivity contribution is 0.0953. The molecule has 144 valence electrons. The highest BCUT2D eigenvalue weighted by Gasteiger charge is 2.19. The molecule has 4 rings (SSSR count). The van der Waals surface area contributed by atoms with Gasteiger partial charge in [0.2, 0.25) is 0 Å². The predicted molar refractivity (Wildman–Crippen MR) is 107 cm³/mol. The lowest BCUT2D eigenvalue weighted by atomic mass is 10.2. The largest absolute Gasteiger partial charge is 0.493 e. The van der Waals surface area contributed by atoms with Gasteiger partial charge in [0.25, 0.3) is 11.5 Å². The molecule has 2 N–H and O–H groups in total. The van der Waals surface area contributed by atoms with Gasteiger partial charge >= 0.3 is 0 Å². The molecule has 0 saturated heterocycles. The molecule has 0 spiro atoms. The summed E-state index contributed by atoms with van der Waals surface area (Å²) >= 11 is 6.57. The van der Waals surface area contributed by atoms with Crippen LogP contribution in [0.4, 0.5) is 0 Å². The molecule has 8 nitrogen and oxygen atoms in total. The number of hydrogen-bond acceptors (Lipinski definition) is 7. The van der Waals surface area contributed by atoms with Crippen LogP contribution in [0.25, 0.3) is 16.6 Å². The Labute approximate surface area is 167 Å². The number of rotatable bonds is 5. The van der Waals surface area contributed by atoms with Gasteiger partial charge in [-0.25, -0.2) is 0 Å². The van der Waals surface area contributed by atoms with Crippen LogP contribution in [0.5, 0.6) is 11.5 Å². The molecule has 0 fully saturated rings. The minimum atomic E-state index is -0.358. The topological polar surface area (TPSA) is 98.0 Å². The first kappa shape index (κ1) is 18.3. The molecule has 0 atom stereocenters. The van der Waals surface area contributed by atoms with Crippen LogP contribution in [-0.2, 0) is 6.54 Å². The summed E-state index contributed by atoms with van der Waals surface area (Å²) in [5.41, 5.74) is 0.503. The monoisotopic (exact) mass is 417 g/mol. The molecule has 0 saturated carbocycles. The zero-order valence-corrected chi connectivity index (χ0v) is 16.5. The van der Waals surface area contributed by atoms with E-state index in [1.54, 1.807) is 28.7 Å². The lowest BCUT2D eigenvalue weighted by Gasteiger charge is -2.10. The maximum Gasteiger partial charge on any atom is 0.265 e. The Morgan fingerprint density at radius 1 is 1.32 bits per heavy atom. The molecule has 28 heavy (non-hydrogen) atoms. The molecule has 10 heteroatoms. The van der Waals surface area contributed by atoms with Gasteiger partial charge in [0.1, 0.15) is 16.3 Å². The Morgan fingerprint density at radius 2 is 2.07 bits per heavy atom. The maximum absolute atomic E-state index is 12.7. The number of nitrogens with zero attached hydrogens (tertiary/aromatic N) is 1. The summed E-state index contributed by atoms with van der Waals surface area (Å²) in [5.74, 6) is 1.15. The van der Waals surface area contributed by atoms with Crippen LogP contribution in [0.15, 0.2) is 39.7 Å². The molecule has 1 aromatic carbocycles. The molecule has 0 aliphatic carbocycles.